The minimum absolute atomic E-state index is 0.00839. The lowest BCUT2D eigenvalue weighted by atomic mass is 9.99. The van der Waals surface area contributed by atoms with Gasteiger partial charge in [0.25, 0.3) is 0 Å². The number of alkyl halides is 4. The van der Waals surface area contributed by atoms with E-state index in [9.17, 15) is 18.0 Å². The van der Waals surface area contributed by atoms with Crippen LogP contribution in [-0.2, 0) is 11.2 Å². The zero-order valence-electron chi connectivity index (χ0n) is 8.64. The van der Waals surface area contributed by atoms with Crippen LogP contribution in [0.4, 0.5) is 18.9 Å². The average molecular weight is 264 g/mol. The molecule has 92 valence electrons. The second-order valence-electron chi connectivity index (χ2n) is 3.87. The highest BCUT2D eigenvalue weighted by molar-refractivity contribution is 6.21. The highest BCUT2D eigenvalue weighted by Crippen LogP contribution is 2.39. The van der Waals surface area contributed by atoms with Gasteiger partial charge in [0, 0.05) is 12.1 Å². The maximum atomic E-state index is 12.4. The molecular formula is C11H9ClF3NO. The Balaban J connectivity index is 2.31. The summed E-state index contributed by atoms with van der Waals surface area (Å²) in [7, 11) is 0. The van der Waals surface area contributed by atoms with Crippen molar-refractivity contribution in [1.29, 1.82) is 0 Å². The second kappa shape index (κ2) is 4.22. The molecule has 2 rings (SSSR count). The molecule has 17 heavy (non-hydrogen) atoms. The van der Waals surface area contributed by atoms with Gasteiger partial charge in [0.1, 0.15) is 0 Å². The molecule has 1 N–H and O–H groups in total. The molecule has 1 aliphatic rings. The molecule has 1 unspecified atom stereocenters. The summed E-state index contributed by atoms with van der Waals surface area (Å²) in [4.78, 5) is 11.1. The van der Waals surface area contributed by atoms with E-state index in [-0.39, 0.29) is 17.9 Å². The van der Waals surface area contributed by atoms with E-state index < -0.39 is 11.6 Å². The summed E-state index contributed by atoms with van der Waals surface area (Å²) in [5.74, 6) is -0.122. The van der Waals surface area contributed by atoms with E-state index in [1.54, 1.807) is 0 Å². The van der Waals surface area contributed by atoms with Gasteiger partial charge in [0.15, 0.2) is 5.38 Å². The van der Waals surface area contributed by atoms with Gasteiger partial charge >= 0.3 is 6.18 Å². The fourth-order valence-electron chi connectivity index (χ4n) is 1.75. The summed E-state index contributed by atoms with van der Waals surface area (Å²) >= 11 is 5.34. The molecule has 0 fully saturated rings. The van der Waals surface area contributed by atoms with Crippen LogP contribution in [0.1, 0.15) is 22.9 Å². The lowest BCUT2D eigenvalue weighted by Crippen LogP contribution is -2.20. The number of benzene rings is 1. The van der Waals surface area contributed by atoms with Crippen LogP contribution in [0, 0.1) is 0 Å². The van der Waals surface area contributed by atoms with Crippen molar-refractivity contribution in [2.75, 3.05) is 5.32 Å². The van der Waals surface area contributed by atoms with Crippen molar-refractivity contribution in [1.82, 2.24) is 0 Å². The third-order valence-corrected chi connectivity index (χ3v) is 3.10. The fraction of sp³-hybridized carbons (Fsp3) is 0.364. The minimum Gasteiger partial charge on any atom is -0.326 e. The SMILES string of the molecule is O=C1CCc2cc(C(Cl)C(F)(F)F)ccc2N1. The summed E-state index contributed by atoms with van der Waals surface area (Å²) in [5, 5.41) is 0.593. The Hall–Kier alpha value is -1.23. The molecule has 6 heteroatoms. The third-order valence-electron chi connectivity index (χ3n) is 2.60. The van der Waals surface area contributed by atoms with Crippen molar-refractivity contribution >= 4 is 23.2 Å². The molecule has 1 aromatic rings. The van der Waals surface area contributed by atoms with Crippen molar-refractivity contribution in [2.24, 2.45) is 0 Å². The largest absolute Gasteiger partial charge is 0.408 e. The van der Waals surface area contributed by atoms with Crippen LogP contribution in [0.25, 0.3) is 0 Å². The Morgan fingerprint density at radius 2 is 2.00 bits per heavy atom. The zero-order chi connectivity index (χ0) is 12.6. The van der Waals surface area contributed by atoms with E-state index in [0.717, 1.165) is 0 Å². The highest BCUT2D eigenvalue weighted by atomic mass is 35.5. The molecule has 0 spiro atoms. The van der Waals surface area contributed by atoms with Crippen LogP contribution < -0.4 is 5.32 Å². The van der Waals surface area contributed by atoms with Crippen molar-refractivity contribution < 1.29 is 18.0 Å². The molecule has 0 aromatic heterocycles. The number of rotatable bonds is 1. The summed E-state index contributed by atoms with van der Waals surface area (Å²) in [6, 6.07) is 4.15. The molecule has 1 heterocycles. The number of hydrogen-bond donors (Lipinski definition) is 1. The monoisotopic (exact) mass is 263 g/mol. The van der Waals surface area contributed by atoms with Crippen molar-refractivity contribution in [3.05, 3.63) is 29.3 Å². The summed E-state index contributed by atoms with van der Waals surface area (Å²) in [6.45, 7) is 0. The van der Waals surface area contributed by atoms with E-state index in [1.165, 1.54) is 18.2 Å². The molecule has 0 saturated carbocycles. The maximum Gasteiger partial charge on any atom is 0.408 e. The lowest BCUT2D eigenvalue weighted by Gasteiger charge is -2.20. The van der Waals surface area contributed by atoms with Gasteiger partial charge in [0.2, 0.25) is 5.91 Å². The van der Waals surface area contributed by atoms with Gasteiger partial charge in [-0.1, -0.05) is 12.1 Å². The number of aryl methyl sites for hydroxylation is 1. The van der Waals surface area contributed by atoms with Crippen LogP contribution in [0.2, 0.25) is 0 Å². The first-order chi connectivity index (χ1) is 7.88. The predicted octanol–water partition coefficient (Wildman–Crippen LogP) is 3.41. The molecule has 0 bridgehead atoms. The number of carbonyl (C=O) groups is 1. The van der Waals surface area contributed by atoms with Gasteiger partial charge in [-0.05, 0) is 23.6 Å². The first-order valence-electron chi connectivity index (χ1n) is 5.01. The molecule has 2 nitrogen and oxygen atoms in total. The zero-order valence-corrected chi connectivity index (χ0v) is 9.40. The van der Waals surface area contributed by atoms with E-state index in [0.29, 0.717) is 17.7 Å². The normalized spacial score (nSPS) is 17.3. The molecule has 1 amide bonds. The molecule has 0 radical (unpaired) electrons. The Bertz CT molecular complexity index is 459. The van der Waals surface area contributed by atoms with Crippen molar-refractivity contribution in [2.45, 2.75) is 24.4 Å². The van der Waals surface area contributed by atoms with Gasteiger partial charge in [-0.15, -0.1) is 11.6 Å². The van der Waals surface area contributed by atoms with E-state index >= 15 is 0 Å². The number of anilines is 1. The van der Waals surface area contributed by atoms with Crippen molar-refractivity contribution in [3.63, 3.8) is 0 Å². The third kappa shape index (κ3) is 2.54. The van der Waals surface area contributed by atoms with Gasteiger partial charge < -0.3 is 5.32 Å². The van der Waals surface area contributed by atoms with E-state index in [4.69, 9.17) is 11.6 Å². The minimum atomic E-state index is -4.46. The Morgan fingerprint density at radius 1 is 1.29 bits per heavy atom. The number of fused-ring (bicyclic) bond motifs is 1. The fourth-order valence-corrected chi connectivity index (χ4v) is 1.89. The van der Waals surface area contributed by atoms with E-state index in [2.05, 4.69) is 5.32 Å². The Morgan fingerprint density at radius 3 is 2.65 bits per heavy atom. The maximum absolute atomic E-state index is 12.4. The Kier molecular flexibility index (Phi) is 3.03. The molecule has 1 atom stereocenters. The highest BCUT2D eigenvalue weighted by Gasteiger charge is 2.39. The molecular weight excluding hydrogens is 255 g/mol. The standard InChI is InChI=1S/C11H9ClF3NO/c12-10(11(13,14)15)7-1-3-8-6(5-7)2-4-9(17)16-8/h1,3,5,10H,2,4H2,(H,16,17). The number of halogens is 4. The first kappa shape index (κ1) is 12.2. The number of nitrogens with one attached hydrogen (secondary N) is 1. The summed E-state index contributed by atoms with van der Waals surface area (Å²) in [6.07, 6.45) is -3.74. The van der Waals surface area contributed by atoms with Gasteiger partial charge in [-0.2, -0.15) is 13.2 Å². The number of hydrogen-bond acceptors (Lipinski definition) is 1. The predicted molar refractivity (Wildman–Crippen MR) is 58.0 cm³/mol. The van der Waals surface area contributed by atoms with Gasteiger partial charge in [-0.25, -0.2) is 0 Å². The second-order valence-corrected chi connectivity index (χ2v) is 4.31. The van der Waals surface area contributed by atoms with Gasteiger partial charge in [0.05, 0.1) is 0 Å². The summed E-state index contributed by atoms with van der Waals surface area (Å²) < 4.78 is 37.3. The van der Waals surface area contributed by atoms with Crippen LogP contribution in [0.15, 0.2) is 18.2 Å². The molecule has 1 aliphatic heterocycles. The smallest absolute Gasteiger partial charge is 0.326 e. The van der Waals surface area contributed by atoms with Crippen LogP contribution in [-0.4, -0.2) is 12.1 Å². The summed E-state index contributed by atoms with van der Waals surface area (Å²) in [5.41, 5.74) is 1.27. The molecule has 1 aromatic carbocycles. The average Bonchev–Trinajstić information content (AvgIpc) is 2.26. The Labute approximate surface area is 101 Å². The number of carbonyl (C=O) groups excluding carboxylic acids is 1. The van der Waals surface area contributed by atoms with Crippen LogP contribution in [0.5, 0.6) is 0 Å². The first-order valence-corrected chi connectivity index (χ1v) is 5.45. The van der Waals surface area contributed by atoms with Crippen molar-refractivity contribution in [3.8, 4) is 0 Å². The lowest BCUT2D eigenvalue weighted by molar-refractivity contribution is -0.131. The number of amides is 1. The van der Waals surface area contributed by atoms with Crippen LogP contribution in [0.3, 0.4) is 0 Å². The van der Waals surface area contributed by atoms with E-state index in [1.807, 2.05) is 0 Å². The topological polar surface area (TPSA) is 29.1 Å². The molecule has 0 aliphatic carbocycles. The molecule has 0 saturated heterocycles. The van der Waals surface area contributed by atoms with Crippen LogP contribution >= 0.6 is 11.6 Å². The quantitative estimate of drug-likeness (QED) is 0.773. The van der Waals surface area contributed by atoms with Gasteiger partial charge in [-0.3, -0.25) is 4.79 Å².